The molecule has 0 aliphatic heterocycles. The molecular weight excluding hydrogens is 158 g/mol. The van der Waals surface area contributed by atoms with Gasteiger partial charge in [0.2, 0.25) is 0 Å². The van der Waals surface area contributed by atoms with Crippen molar-refractivity contribution in [3.8, 4) is 0 Å². The molecule has 12 heavy (non-hydrogen) atoms. The average molecular weight is 173 g/mol. The minimum atomic E-state index is -0.481. The molecule has 0 aromatic rings. The second kappa shape index (κ2) is 6.45. The lowest BCUT2D eigenvalue weighted by Crippen LogP contribution is -2.25. The molecule has 0 aliphatic carbocycles. The molecule has 2 N–H and O–H groups in total. The van der Waals surface area contributed by atoms with E-state index >= 15 is 0 Å². The van der Waals surface area contributed by atoms with Gasteiger partial charge in [0.15, 0.2) is 5.82 Å². The quantitative estimate of drug-likeness (QED) is 0.352. The van der Waals surface area contributed by atoms with Crippen molar-refractivity contribution in [2.24, 2.45) is 0 Å². The highest BCUT2D eigenvalue weighted by atomic mass is 16.6. The van der Waals surface area contributed by atoms with Crippen LogP contribution in [-0.2, 0) is 0 Å². The fourth-order valence-electron chi connectivity index (χ4n) is 0.704. The van der Waals surface area contributed by atoms with Crippen molar-refractivity contribution in [3.05, 3.63) is 22.1 Å². The first-order valence-electron chi connectivity index (χ1n) is 3.97. The summed E-state index contributed by atoms with van der Waals surface area (Å²) < 4.78 is 0. The first-order chi connectivity index (χ1) is 5.70. The van der Waals surface area contributed by atoms with Gasteiger partial charge >= 0.3 is 0 Å². The molecule has 0 aromatic heterocycles. The summed E-state index contributed by atoms with van der Waals surface area (Å²) >= 11 is 0. The molecule has 0 fully saturated rings. The molecule has 0 saturated heterocycles. The molecule has 0 spiro atoms. The number of hydrogen-bond acceptors (Lipinski definition) is 4. The van der Waals surface area contributed by atoms with Crippen LogP contribution in [0.5, 0.6) is 0 Å². The van der Waals surface area contributed by atoms with Gasteiger partial charge in [0, 0.05) is 13.6 Å². The summed E-state index contributed by atoms with van der Waals surface area (Å²) in [6.07, 6.45) is 3.01. The second-order valence-corrected chi connectivity index (χ2v) is 2.36. The molecule has 5 nitrogen and oxygen atoms in total. The summed E-state index contributed by atoms with van der Waals surface area (Å²) in [4.78, 5) is 9.57. The zero-order valence-corrected chi connectivity index (χ0v) is 7.46. The Hall–Kier alpha value is -1.26. The zero-order chi connectivity index (χ0) is 9.40. The predicted molar refractivity (Wildman–Crippen MR) is 47.0 cm³/mol. The lowest BCUT2D eigenvalue weighted by Gasteiger charge is -2.05. The van der Waals surface area contributed by atoms with Crippen molar-refractivity contribution in [1.82, 2.24) is 10.6 Å². The van der Waals surface area contributed by atoms with Gasteiger partial charge in [0.25, 0.3) is 6.20 Å². The molecule has 0 unspecified atom stereocenters. The van der Waals surface area contributed by atoms with Crippen LogP contribution >= 0.6 is 0 Å². The van der Waals surface area contributed by atoms with Crippen LogP contribution in [0.25, 0.3) is 0 Å². The first-order valence-corrected chi connectivity index (χ1v) is 3.97. The Morgan fingerprint density at radius 1 is 1.67 bits per heavy atom. The smallest absolute Gasteiger partial charge is 0.274 e. The van der Waals surface area contributed by atoms with Crippen molar-refractivity contribution in [2.45, 2.75) is 19.8 Å². The van der Waals surface area contributed by atoms with E-state index in [-0.39, 0.29) is 0 Å². The molecule has 0 atom stereocenters. The fourth-order valence-corrected chi connectivity index (χ4v) is 0.704. The van der Waals surface area contributed by atoms with Gasteiger partial charge in [-0.2, -0.15) is 0 Å². The molecule has 0 rings (SSSR count). The summed E-state index contributed by atoms with van der Waals surface area (Å²) in [7, 11) is 1.65. The van der Waals surface area contributed by atoms with Gasteiger partial charge in [0.1, 0.15) is 0 Å². The van der Waals surface area contributed by atoms with Crippen LogP contribution in [0.2, 0.25) is 0 Å². The predicted octanol–water partition coefficient (Wildman–Crippen LogP) is 0.671. The van der Waals surface area contributed by atoms with Crippen molar-refractivity contribution in [3.63, 3.8) is 0 Å². The Morgan fingerprint density at radius 3 is 2.75 bits per heavy atom. The summed E-state index contributed by atoms with van der Waals surface area (Å²) in [6, 6.07) is 0. The van der Waals surface area contributed by atoms with Gasteiger partial charge in [-0.15, -0.1) is 0 Å². The monoisotopic (exact) mass is 173 g/mol. The molecule has 0 heterocycles. The van der Waals surface area contributed by atoms with Crippen LogP contribution in [0.4, 0.5) is 0 Å². The van der Waals surface area contributed by atoms with Gasteiger partial charge in [-0.05, 0) is 6.42 Å². The van der Waals surface area contributed by atoms with Crippen molar-refractivity contribution in [2.75, 3.05) is 13.6 Å². The van der Waals surface area contributed by atoms with E-state index in [0.29, 0.717) is 5.82 Å². The largest absolute Gasteiger partial charge is 0.370 e. The van der Waals surface area contributed by atoms with E-state index in [4.69, 9.17) is 0 Å². The number of rotatable bonds is 6. The first kappa shape index (κ1) is 10.7. The van der Waals surface area contributed by atoms with Gasteiger partial charge < -0.3 is 10.6 Å². The molecule has 0 aromatic carbocycles. The molecule has 0 aliphatic rings. The lowest BCUT2D eigenvalue weighted by molar-refractivity contribution is -0.404. The normalized spacial score (nSPS) is 11.0. The fraction of sp³-hybridized carbons (Fsp3) is 0.714. The Balaban J connectivity index is 3.75. The summed E-state index contributed by atoms with van der Waals surface area (Å²) in [5.41, 5.74) is 0. The summed E-state index contributed by atoms with van der Waals surface area (Å²) in [5, 5.41) is 15.7. The number of nitro groups is 1. The Labute approximate surface area is 72.0 Å². The standard InChI is InChI=1S/C7H15N3O2/c1-3-4-5-9-7(8-2)6-10(11)12/h6,8-9H,3-5H2,1-2H3/b7-6+. The van der Waals surface area contributed by atoms with E-state index in [1.54, 1.807) is 7.05 Å². The lowest BCUT2D eigenvalue weighted by atomic mass is 10.3. The molecule has 0 saturated carbocycles. The Morgan fingerprint density at radius 2 is 2.33 bits per heavy atom. The number of unbranched alkanes of at least 4 members (excludes halogenated alkanes) is 1. The summed E-state index contributed by atoms with van der Waals surface area (Å²) in [5.74, 6) is 0.452. The van der Waals surface area contributed by atoms with E-state index in [9.17, 15) is 10.1 Å². The average Bonchev–Trinajstić information content (AvgIpc) is 2.02. The molecule has 5 heteroatoms. The van der Waals surface area contributed by atoms with E-state index in [1.807, 2.05) is 0 Å². The van der Waals surface area contributed by atoms with Crippen molar-refractivity contribution >= 4 is 0 Å². The van der Waals surface area contributed by atoms with Crippen LogP contribution in [0, 0.1) is 10.1 Å². The van der Waals surface area contributed by atoms with Gasteiger partial charge in [-0.1, -0.05) is 13.3 Å². The number of nitrogens with zero attached hydrogens (tertiary/aromatic N) is 1. The molecule has 0 amide bonds. The highest BCUT2D eigenvalue weighted by molar-refractivity contribution is 4.89. The molecular formula is C7H15N3O2. The minimum absolute atomic E-state index is 0.452. The molecule has 0 radical (unpaired) electrons. The third-order valence-electron chi connectivity index (χ3n) is 1.35. The third kappa shape index (κ3) is 5.52. The number of nitrogens with one attached hydrogen (secondary N) is 2. The van der Waals surface area contributed by atoms with Crippen LogP contribution in [0.3, 0.4) is 0 Å². The van der Waals surface area contributed by atoms with Crippen molar-refractivity contribution < 1.29 is 4.92 Å². The maximum atomic E-state index is 10.1. The van der Waals surface area contributed by atoms with Gasteiger partial charge in [0.05, 0.1) is 4.92 Å². The highest BCUT2D eigenvalue weighted by Crippen LogP contribution is 1.87. The Bertz CT molecular complexity index is 168. The van der Waals surface area contributed by atoms with E-state index in [1.165, 1.54) is 0 Å². The minimum Gasteiger partial charge on any atom is -0.370 e. The van der Waals surface area contributed by atoms with E-state index < -0.39 is 4.92 Å². The zero-order valence-electron chi connectivity index (χ0n) is 7.46. The topological polar surface area (TPSA) is 67.2 Å². The molecule has 0 bridgehead atoms. The molecule has 70 valence electrons. The van der Waals surface area contributed by atoms with Crippen LogP contribution in [-0.4, -0.2) is 18.5 Å². The summed E-state index contributed by atoms with van der Waals surface area (Å²) in [6.45, 7) is 2.83. The maximum Gasteiger partial charge on any atom is 0.274 e. The van der Waals surface area contributed by atoms with E-state index in [2.05, 4.69) is 17.6 Å². The van der Waals surface area contributed by atoms with Crippen LogP contribution < -0.4 is 10.6 Å². The van der Waals surface area contributed by atoms with Crippen LogP contribution in [0.15, 0.2) is 12.0 Å². The Kier molecular flexibility index (Phi) is 5.77. The number of hydrogen-bond donors (Lipinski definition) is 2. The van der Waals surface area contributed by atoms with Gasteiger partial charge in [-0.25, -0.2) is 0 Å². The van der Waals surface area contributed by atoms with Crippen molar-refractivity contribution in [1.29, 1.82) is 0 Å². The van der Waals surface area contributed by atoms with Crippen LogP contribution in [0.1, 0.15) is 19.8 Å². The third-order valence-corrected chi connectivity index (χ3v) is 1.35. The highest BCUT2D eigenvalue weighted by Gasteiger charge is 1.97. The SMILES string of the molecule is CCCCN/C(=C/[N+](=O)[O-])NC. The maximum absolute atomic E-state index is 10.1. The second-order valence-electron chi connectivity index (χ2n) is 2.36. The van der Waals surface area contributed by atoms with Gasteiger partial charge in [-0.3, -0.25) is 10.1 Å². The van der Waals surface area contributed by atoms with E-state index in [0.717, 1.165) is 25.6 Å².